The largest absolute Gasteiger partial charge is 0.466 e. The fraction of sp³-hybridized carbons (Fsp3) is 0.769. The Bertz CT molecular complexity index is 282. The van der Waals surface area contributed by atoms with Crippen LogP contribution < -0.4 is 0 Å². The lowest BCUT2D eigenvalue weighted by atomic mass is 9.75. The van der Waals surface area contributed by atoms with Crippen LogP contribution in [0.15, 0.2) is 12.2 Å². The highest BCUT2D eigenvalue weighted by molar-refractivity contribution is 5.69. The number of carbonyl (C=O) groups excluding carboxylic acids is 1. The fourth-order valence-electron chi connectivity index (χ4n) is 3.17. The van der Waals surface area contributed by atoms with Gasteiger partial charge in [0.1, 0.15) is 0 Å². The molecule has 0 radical (unpaired) electrons. The summed E-state index contributed by atoms with van der Waals surface area (Å²) in [5, 5.41) is 0. The molecule has 0 heterocycles. The minimum absolute atomic E-state index is 0.0391. The maximum atomic E-state index is 11.3. The van der Waals surface area contributed by atoms with Gasteiger partial charge in [-0.25, -0.2) is 0 Å². The topological polar surface area (TPSA) is 26.3 Å². The van der Waals surface area contributed by atoms with Crippen LogP contribution in [-0.2, 0) is 9.53 Å². The van der Waals surface area contributed by atoms with E-state index in [-0.39, 0.29) is 5.97 Å². The van der Waals surface area contributed by atoms with E-state index in [1.165, 1.54) is 12.8 Å². The van der Waals surface area contributed by atoms with Crippen LogP contribution in [0.3, 0.4) is 0 Å². The summed E-state index contributed by atoms with van der Waals surface area (Å²) >= 11 is 0. The van der Waals surface area contributed by atoms with Crippen molar-refractivity contribution in [2.24, 2.45) is 17.3 Å². The van der Waals surface area contributed by atoms with Gasteiger partial charge < -0.3 is 4.74 Å². The molecule has 2 aliphatic carbocycles. The smallest absolute Gasteiger partial charge is 0.305 e. The predicted octanol–water partition coefficient (Wildman–Crippen LogP) is 2.93. The molecule has 3 unspecified atom stereocenters. The Kier molecular flexibility index (Phi) is 2.85. The number of rotatable bonds is 4. The van der Waals surface area contributed by atoms with Crippen molar-refractivity contribution in [1.29, 1.82) is 0 Å². The summed E-state index contributed by atoms with van der Waals surface area (Å²) in [7, 11) is 0. The van der Waals surface area contributed by atoms with Crippen LogP contribution in [0.25, 0.3) is 0 Å². The zero-order valence-electron chi connectivity index (χ0n) is 9.66. The molecule has 2 aliphatic rings. The summed E-state index contributed by atoms with van der Waals surface area (Å²) in [6, 6.07) is 0. The number of ether oxygens (including phenoxy) is 1. The van der Waals surface area contributed by atoms with Crippen LogP contribution in [0.5, 0.6) is 0 Å². The zero-order chi connectivity index (χ0) is 10.9. The second-order valence-electron chi connectivity index (χ2n) is 5.00. The van der Waals surface area contributed by atoms with E-state index in [0.29, 0.717) is 18.4 Å². The van der Waals surface area contributed by atoms with E-state index in [2.05, 4.69) is 19.1 Å². The zero-order valence-corrected chi connectivity index (χ0v) is 9.66. The van der Waals surface area contributed by atoms with E-state index in [0.717, 1.165) is 18.3 Å². The first-order valence-electron chi connectivity index (χ1n) is 6.01. The molecule has 2 rings (SSSR count). The maximum absolute atomic E-state index is 11.3. The Hall–Kier alpha value is -0.790. The van der Waals surface area contributed by atoms with Gasteiger partial charge in [-0.05, 0) is 43.4 Å². The summed E-state index contributed by atoms with van der Waals surface area (Å²) in [4.78, 5) is 11.3. The van der Waals surface area contributed by atoms with E-state index in [1.807, 2.05) is 6.92 Å². The quantitative estimate of drug-likeness (QED) is 0.524. The second-order valence-corrected chi connectivity index (χ2v) is 5.00. The molecule has 0 aliphatic heterocycles. The van der Waals surface area contributed by atoms with Gasteiger partial charge in [-0.3, -0.25) is 4.79 Å². The average molecular weight is 208 g/mol. The van der Waals surface area contributed by atoms with Crippen molar-refractivity contribution >= 4 is 5.97 Å². The third-order valence-electron chi connectivity index (χ3n) is 4.08. The van der Waals surface area contributed by atoms with Gasteiger partial charge in [0.25, 0.3) is 0 Å². The van der Waals surface area contributed by atoms with E-state index >= 15 is 0 Å². The Balaban J connectivity index is 1.89. The van der Waals surface area contributed by atoms with Crippen LogP contribution in [-0.4, -0.2) is 12.6 Å². The predicted molar refractivity (Wildman–Crippen MR) is 59.3 cm³/mol. The molecule has 0 aromatic rings. The molecule has 1 saturated carbocycles. The second kappa shape index (κ2) is 3.99. The Morgan fingerprint density at radius 3 is 2.93 bits per heavy atom. The van der Waals surface area contributed by atoms with Gasteiger partial charge in [0.2, 0.25) is 0 Å². The molecule has 2 bridgehead atoms. The molecule has 3 atom stereocenters. The van der Waals surface area contributed by atoms with E-state index in [1.54, 1.807) is 0 Å². The molecule has 15 heavy (non-hydrogen) atoms. The van der Waals surface area contributed by atoms with Gasteiger partial charge >= 0.3 is 5.97 Å². The van der Waals surface area contributed by atoms with Crippen molar-refractivity contribution in [3.63, 3.8) is 0 Å². The average Bonchev–Trinajstić information content (AvgIpc) is 2.73. The highest BCUT2D eigenvalue weighted by Gasteiger charge is 2.45. The lowest BCUT2D eigenvalue weighted by Crippen LogP contribution is -2.22. The molecule has 2 nitrogen and oxygen atoms in total. The van der Waals surface area contributed by atoms with Crippen molar-refractivity contribution in [2.45, 2.75) is 39.5 Å². The molecule has 1 fully saturated rings. The Labute approximate surface area is 91.7 Å². The van der Waals surface area contributed by atoms with Gasteiger partial charge in [-0.1, -0.05) is 19.1 Å². The van der Waals surface area contributed by atoms with Gasteiger partial charge in [0.05, 0.1) is 6.61 Å². The SMILES string of the molecule is CCOC(=O)CCC12C=CC(CC1C)C2. The highest BCUT2D eigenvalue weighted by atomic mass is 16.5. The Morgan fingerprint density at radius 2 is 2.40 bits per heavy atom. The van der Waals surface area contributed by atoms with Crippen molar-refractivity contribution in [3.05, 3.63) is 12.2 Å². The van der Waals surface area contributed by atoms with E-state index in [4.69, 9.17) is 4.74 Å². The van der Waals surface area contributed by atoms with E-state index < -0.39 is 0 Å². The van der Waals surface area contributed by atoms with Gasteiger partial charge in [0, 0.05) is 6.42 Å². The standard InChI is InChI=1S/C13H20O2/c1-3-15-12(14)5-7-13-6-4-11(9-13)8-10(13)2/h4,6,10-11H,3,5,7-9H2,1-2H3. The lowest BCUT2D eigenvalue weighted by molar-refractivity contribution is -0.143. The van der Waals surface area contributed by atoms with Crippen LogP contribution in [0.2, 0.25) is 0 Å². The summed E-state index contributed by atoms with van der Waals surface area (Å²) in [6.45, 7) is 4.67. The molecule has 0 N–H and O–H groups in total. The Morgan fingerprint density at radius 1 is 1.60 bits per heavy atom. The minimum Gasteiger partial charge on any atom is -0.466 e. The monoisotopic (exact) mass is 208 g/mol. The van der Waals surface area contributed by atoms with Gasteiger partial charge in [0.15, 0.2) is 0 Å². The summed E-state index contributed by atoms with van der Waals surface area (Å²) < 4.78 is 4.98. The molecule has 0 aromatic heterocycles. The molecule has 84 valence electrons. The van der Waals surface area contributed by atoms with Gasteiger partial charge in [-0.2, -0.15) is 0 Å². The molecule has 0 spiro atoms. The third-order valence-corrected chi connectivity index (χ3v) is 4.08. The van der Waals surface area contributed by atoms with Gasteiger partial charge in [-0.15, -0.1) is 0 Å². The maximum Gasteiger partial charge on any atom is 0.305 e. The molecular formula is C13H20O2. The van der Waals surface area contributed by atoms with Crippen molar-refractivity contribution < 1.29 is 9.53 Å². The van der Waals surface area contributed by atoms with Crippen LogP contribution in [0.4, 0.5) is 0 Å². The van der Waals surface area contributed by atoms with Crippen molar-refractivity contribution in [3.8, 4) is 0 Å². The van der Waals surface area contributed by atoms with Crippen LogP contribution >= 0.6 is 0 Å². The summed E-state index contributed by atoms with van der Waals surface area (Å²) in [5.74, 6) is 1.48. The number of hydrogen-bond acceptors (Lipinski definition) is 2. The highest BCUT2D eigenvalue weighted by Crippen LogP contribution is 2.55. The first kappa shape index (κ1) is 10.7. The number of carbonyl (C=O) groups is 1. The van der Waals surface area contributed by atoms with Crippen LogP contribution in [0.1, 0.15) is 39.5 Å². The first-order valence-corrected chi connectivity index (χ1v) is 6.01. The number of esters is 1. The molecule has 0 saturated heterocycles. The first-order chi connectivity index (χ1) is 7.16. The normalized spacial score (nSPS) is 37.2. The lowest BCUT2D eigenvalue weighted by Gasteiger charge is -2.29. The molecular weight excluding hydrogens is 188 g/mol. The number of allylic oxidation sites excluding steroid dienone is 2. The number of hydrogen-bond donors (Lipinski definition) is 0. The molecule has 0 aromatic carbocycles. The minimum atomic E-state index is -0.0391. The molecule has 0 amide bonds. The third kappa shape index (κ3) is 1.95. The van der Waals surface area contributed by atoms with E-state index in [9.17, 15) is 4.79 Å². The van der Waals surface area contributed by atoms with Crippen LogP contribution in [0, 0.1) is 17.3 Å². The summed E-state index contributed by atoms with van der Waals surface area (Å²) in [6.07, 6.45) is 8.80. The van der Waals surface area contributed by atoms with Crippen molar-refractivity contribution in [2.75, 3.05) is 6.61 Å². The van der Waals surface area contributed by atoms with Crippen molar-refractivity contribution in [1.82, 2.24) is 0 Å². The molecule has 2 heteroatoms. The summed E-state index contributed by atoms with van der Waals surface area (Å²) in [5.41, 5.74) is 0.317. The fourth-order valence-corrected chi connectivity index (χ4v) is 3.17. The number of fused-ring (bicyclic) bond motifs is 2.